The van der Waals surface area contributed by atoms with Gasteiger partial charge in [-0.25, -0.2) is 0 Å². The highest BCUT2D eigenvalue weighted by molar-refractivity contribution is 5.80. The van der Waals surface area contributed by atoms with Crippen molar-refractivity contribution < 1.29 is 9.53 Å². The fourth-order valence-corrected chi connectivity index (χ4v) is 3.62. The van der Waals surface area contributed by atoms with Gasteiger partial charge in [0.05, 0.1) is 19.1 Å². The lowest BCUT2D eigenvalue weighted by molar-refractivity contribution is -0.134. The van der Waals surface area contributed by atoms with Gasteiger partial charge in [-0.1, -0.05) is 36.8 Å². The van der Waals surface area contributed by atoms with Crippen LogP contribution in [0.5, 0.6) is 0 Å². The fourth-order valence-electron chi connectivity index (χ4n) is 3.62. The SMILES string of the molecule is N[C@@H]1CCC[C@H]1C(=O)N1CC[C@H](COCc2ccccc2)C1. The zero-order valence-corrected chi connectivity index (χ0v) is 13.1. The number of carbonyl (C=O) groups is 1. The smallest absolute Gasteiger partial charge is 0.227 e. The number of likely N-dealkylation sites (tertiary alicyclic amines) is 1. The van der Waals surface area contributed by atoms with Crippen molar-refractivity contribution in [3.63, 3.8) is 0 Å². The number of benzene rings is 1. The third-order valence-electron chi connectivity index (χ3n) is 4.95. The maximum Gasteiger partial charge on any atom is 0.227 e. The van der Waals surface area contributed by atoms with Gasteiger partial charge in [0.1, 0.15) is 0 Å². The van der Waals surface area contributed by atoms with Crippen molar-refractivity contribution in [3.05, 3.63) is 35.9 Å². The first-order valence-corrected chi connectivity index (χ1v) is 8.40. The molecule has 1 saturated carbocycles. The van der Waals surface area contributed by atoms with Crippen LogP contribution in [-0.2, 0) is 16.1 Å². The Bertz CT molecular complexity index is 491. The Morgan fingerprint density at radius 2 is 2.05 bits per heavy atom. The molecule has 3 rings (SSSR count). The summed E-state index contributed by atoms with van der Waals surface area (Å²) < 4.78 is 5.82. The Hall–Kier alpha value is -1.39. The van der Waals surface area contributed by atoms with Crippen LogP contribution in [-0.4, -0.2) is 36.5 Å². The Kier molecular flexibility index (Phi) is 5.11. The largest absolute Gasteiger partial charge is 0.376 e. The predicted molar refractivity (Wildman–Crippen MR) is 86.1 cm³/mol. The van der Waals surface area contributed by atoms with E-state index in [-0.39, 0.29) is 17.9 Å². The molecule has 1 amide bonds. The lowest BCUT2D eigenvalue weighted by Crippen LogP contribution is -2.40. The molecule has 2 aliphatic rings. The van der Waals surface area contributed by atoms with Gasteiger partial charge in [0.25, 0.3) is 0 Å². The van der Waals surface area contributed by atoms with Gasteiger partial charge in [0, 0.05) is 25.0 Å². The minimum Gasteiger partial charge on any atom is -0.376 e. The molecule has 0 spiro atoms. The highest BCUT2D eigenvalue weighted by atomic mass is 16.5. The van der Waals surface area contributed by atoms with Crippen LogP contribution >= 0.6 is 0 Å². The van der Waals surface area contributed by atoms with E-state index in [0.29, 0.717) is 12.5 Å². The molecule has 22 heavy (non-hydrogen) atoms. The van der Waals surface area contributed by atoms with Crippen molar-refractivity contribution in [1.82, 2.24) is 4.90 Å². The molecule has 1 heterocycles. The fraction of sp³-hybridized carbons (Fsp3) is 0.611. The monoisotopic (exact) mass is 302 g/mol. The van der Waals surface area contributed by atoms with Crippen LogP contribution < -0.4 is 5.73 Å². The van der Waals surface area contributed by atoms with E-state index in [2.05, 4.69) is 12.1 Å². The standard InChI is InChI=1S/C18H26N2O2/c19-17-8-4-7-16(17)18(21)20-10-9-15(11-20)13-22-12-14-5-2-1-3-6-14/h1-3,5-6,15-17H,4,7-13,19H2/t15-,16+,17+/m0/s1. The summed E-state index contributed by atoms with van der Waals surface area (Å²) >= 11 is 0. The molecule has 1 saturated heterocycles. The molecule has 3 atom stereocenters. The minimum absolute atomic E-state index is 0.0592. The molecule has 0 aromatic heterocycles. The predicted octanol–water partition coefficient (Wildman–Crippen LogP) is 2.18. The van der Waals surface area contributed by atoms with E-state index in [9.17, 15) is 4.79 Å². The Morgan fingerprint density at radius 3 is 2.77 bits per heavy atom. The molecule has 1 aliphatic heterocycles. The van der Waals surface area contributed by atoms with Crippen LogP contribution in [0.15, 0.2) is 30.3 Å². The Balaban J connectivity index is 1.41. The molecule has 2 fully saturated rings. The van der Waals surface area contributed by atoms with Gasteiger partial charge >= 0.3 is 0 Å². The van der Waals surface area contributed by atoms with Gasteiger partial charge in [0.15, 0.2) is 0 Å². The number of carbonyl (C=O) groups excluding carboxylic acids is 1. The molecule has 4 heteroatoms. The second kappa shape index (κ2) is 7.25. The molecular weight excluding hydrogens is 276 g/mol. The van der Waals surface area contributed by atoms with Gasteiger partial charge in [-0.15, -0.1) is 0 Å². The quantitative estimate of drug-likeness (QED) is 0.907. The van der Waals surface area contributed by atoms with Crippen LogP contribution in [0.25, 0.3) is 0 Å². The summed E-state index contributed by atoms with van der Waals surface area (Å²) in [6.45, 7) is 3.08. The van der Waals surface area contributed by atoms with Crippen molar-refractivity contribution in [2.24, 2.45) is 17.6 Å². The van der Waals surface area contributed by atoms with E-state index in [1.165, 1.54) is 5.56 Å². The Morgan fingerprint density at radius 1 is 1.23 bits per heavy atom. The van der Waals surface area contributed by atoms with Gasteiger partial charge in [-0.2, -0.15) is 0 Å². The molecule has 120 valence electrons. The van der Waals surface area contributed by atoms with Crippen LogP contribution in [0.1, 0.15) is 31.2 Å². The maximum atomic E-state index is 12.5. The van der Waals surface area contributed by atoms with E-state index < -0.39 is 0 Å². The first kappa shape index (κ1) is 15.5. The number of amides is 1. The zero-order valence-electron chi connectivity index (χ0n) is 13.1. The highest BCUT2D eigenvalue weighted by Gasteiger charge is 2.36. The van der Waals surface area contributed by atoms with Crippen LogP contribution in [0, 0.1) is 11.8 Å². The van der Waals surface area contributed by atoms with Crippen LogP contribution in [0.3, 0.4) is 0 Å². The minimum atomic E-state index is 0.0592. The summed E-state index contributed by atoms with van der Waals surface area (Å²) in [5.74, 6) is 0.796. The van der Waals surface area contributed by atoms with E-state index >= 15 is 0 Å². The summed E-state index contributed by atoms with van der Waals surface area (Å²) in [4.78, 5) is 14.5. The third kappa shape index (κ3) is 3.68. The van der Waals surface area contributed by atoms with Gasteiger partial charge in [-0.3, -0.25) is 4.79 Å². The number of hydrogen-bond acceptors (Lipinski definition) is 3. The van der Waals surface area contributed by atoms with E-state index in [4.69, 9.17) is 10.5 Å². The lowest BCUT2D eigenvalue weighted by atomic mass is 10.0. The molecule has 1 aliphatic carbocycles. The van der Waals surface area contributed by atoms with Crippen LogP contribution in [0.2, 0.25) is 0 Å². The molecule has 4 nitrogen and oxygen atoms in total. The van der Waals surface area contributed by atoms with Crippen molar-refractivity contribution in [2.75, 3.05) is 19.7 Å². The average molecular weight is 302 g/mol. The highest BCUT2D eigenvalue weighted by Crippen LogP contribution is 2.28. The van der Waals surface area contributed by atoms with Crippen molar-refractivity contribution in [3.8, 4) is 0 Å². The number of nitrogens with zero attached hydrogens (tertiary/aromatic N) is 1. The molecule has 1 aromatic rings. The first-order chi connectivity index (χ1) is 10.7. The molecule has 0 bridgehead atoms. The second-order valence-corrected chi connectivity index (χ2v) is 6.64. The average Bonchev–Trinajstić information content (AvgIpc) is 3.17. The summed E-state index contributed by atoms with van der Waals surface area (Å²) in [6, 6.07) is 10.3. The third-order valence-corrected chi connectivity index (χ3v) is 4.95. The van der Waals surface area contributed by atoms with E-state index in [1.54, 1.807) is 0 Å². The Labute approximate surface area is 132 Å². The van der Waals surface area contributed by atoms with Crippen molar-refractivity contribution in [2.45, 2.75) is 38.3 Å². The number of nitrogens with two attached hydrogens (primary N) is 1. The first-order valence-electron chi connectivity index (χ1n) is 8.40. The molecule has 0 radical (unpaired) electrons. The summed E-state index contributed by atoms with van der Waals surface area (Å²) in [6.07, 6.45) is 4.09. The molecule has 2 N–H and O–H groups in total. The van der Waals surface area contributed by atoms with E-state index in [1.807, 2.05) is 23.1 Å². The number of ether oxygens (including phenoxy) is 1. The van der Waals surface area contributed by atoms with E-state index in [0.717, 1.165) is 45.4 Å². The second-order valence-electron chi connectivity index (χ2n) is 6.64. The molecular formula is C18H26N2O2. The van der Waals surface area contributed by atoms with Crippen molar-refractivity contribution in [1.29, 1.82) is 0 Å². The number of rotatable bonds is 5. The van der Waals surface area contributed by atoms with Gasteiger partial charge in [-0.05, 0) is 24.8 Å². The zero-order chi connectivity index (χ0) is 15.4. The van der Waals surface area contributed by atoms with Crippen molar-refractivity contribution >= 4 is 5.91 Å². The molecule has 1 aromatic carbocycles. The van der Waals surface area contributed by atoms with Gasteiger partial charge in [0.2, 0.25) is 5.91 Å². The summed E-state index contributed by atoms with van der Waals surface area (Å²) in [5.41, 5.74) is 7.25. The summed E-state index contributed by atoms with van der Waals surface area (Å²) in [5, 5.41) is 0. The summed E-state index contributed by atoms with van der Waals surface area (Å²) in [7, 11) is 0. The normalized spacial score (nSPS) is 28.2. The molecule has 0 unspecified atom stereocenters. The van der Waals surface area contributed by atoms with Crippen LogP contribution in [0.4, 0.5) is 0 Å². The topological polar surface area (TPSA) is 55.6 Å². The maximum absolute atomic E-state index is 12.5. The lowest BCUT2D eigenvalue weighted by Gasteiger charge is -2.23. The van der Waals surface area contributed by atoms with Gasteiger partial charge < -0.3 is 15.4 Å². The number of hydrogen-bond donors (Lipinski definition) is 1.